The van der Waals surface area contributed by atoms with Crippen LogP contribution in [0.3, 0.4) is 0 Å². The fourth-order valence-corrected chi connectivity index (χ4v) is 4.48. The highest BCUT2D eigenvalue weighted by Gasteiger charge is 2.26. The Balaban J connectivity index is 1.57. The lowest BCUT2D eigenvalue weighted by atomic mass is 10.2. The van der Waals surface area contributed by atoms with Crippen LogP contribution in [0.5, 0.6) is 0 Å². The van der Waals surface area contributed by atoms with Gasteiger partial charge in [0.05, 0.1) is 28.7 Å². The van der Waals surface area contributed by atoms with Crippen LogP contribution >= 0.6 is 23.2 Å². The summed E-state index contributed by atoms with van der Waals surface area (Å²) >= 11 is 11.8. The number of esters is 1. The van der Waals surface area contributed by atoms with Crippen LogP contribution in [0.4, 0.5) is 5.69 Å². The maximum atomic E-state index is 12.6. The average molecular weight is 473 g/mol. The third-order valence-electron chi connectivity index (χ3n) is 4.23. The van der Waals surface area contributed by atoms with Crippen molar-refractivity contribution < 1.29 is 27.5 Å². The zero-order chi connectivity index (χ0) is 21.7. The molecule has 0 spiro atoms. The third-order valence-corrected chi connectivity index (χ3v) is 6.71. The molecule has 1 aliphatic heterocycles. The number of hydrogen-bond donors (Lipinski definition) is 1. The summed E-state index contributed by atoms with van der Waals surface area (Å²) in [5, 5.41) is 2.99. The molecule has 1 amide bonds. The van der Waals surface area contributed by atoms with E-state index in [2.05, 4.69) is 5.32 Å². The fourth-order valence-electron chi connectivity index (χ4n) is 2.71. The number of ether oxygens (including phenoxy) is 2. The summed E-state index contributed by atoms with van der Waals surface area (Å²) in [7, 11) is -3.62. The lowest BCUT2D eigenvalue weighted by Gasteiger charge is -2.26. The molecule has 11 heteroatoms. The van der Waals surface area contributed by atoms with E-state index < -0.39 is 28.5 Å². The molecule has 2 aromatic rings. The van der Waals surface area contributed by atoms with Crippen molar-refractivity contribution >= 4 is 50.8 Å². The van der Waals surface area contributed by atoms with Crippen molar-refractivity contribution in [3.8, 4) is 0 Å². The van der Waals surface area contributed by atoms with Crippen molar-refractivity contribution in [2.75, 3.05) is 38.2 Å². The van der Waals surface area contributed by atoms with Crippen molar-refractivity contribution in [3.63, 3.8) is 0 Å². The van der Waals surface area contributed by atoms with Crippen LogP contribution in [-0.2, 0) is 24.3 Å². The first-order valence-corrected chi connectivity index (χ1v) is 11.1. The molecule has 0 radical (unpaired) electrons. The molecule has 0 aliphatic carbocycles. The van der Waals surface area contributed by atoms with Gasteiger partial charge in [-0.25, -0.2) is 13.2 Å². The lowest BCUT2D eigenvalue weighted by Crippen LogP contribution is -2.40. The van der Waals surface area contributed by atoms with Crippen LogP contribution in [0.25, 0.3) is 0 Å². The molecule has 1 N–H and O–H groups in total. The van der Waals surface area contributed by atoms with E-state index in [1.165, 1.54) is 46.8 Å². The van der Waals surface area contributed by atoms with Crippen LogP contribution < -0.4 is 5.32 Å². The van der Waals surface area contributed by atoms with Gasteiger partial charge in [-0.3, -0.25) is 4.79 Å². The molecule has 0 bridgehead atoms. The van der Waals surface area contributed by atoms with E-state index in [1.54, 1.807) is 0 Å². The molecular formula is C19H18Cl2N2O6S. The molecule has 160 valence electrons. The molecule has 30 heavy (non-hydrogen) atoms. The first kappa shape index (κ1) is 22.5. The van der Waals surface area contributed by atoms with Crippen LogP contribution in [-0.4, -0.2) is 57.5 Å². The minimum atomic E-state index is -3.62. The number of rotatable bonds is 6. The molecular weight excluding hydrogens is 455 g/mol. The average Bonchev–Trinajstić information content (AvgIpc) is 2.75. The maximum absolute atomic E-state index is 12.6. The van der Waals surface area contributed by atoms with E-state index in [0.717, 1.165) is 0 Å². The molecule has 0 saturated carbocycles. The summed E-state index contributed by atoms with van der Waals surface area (Å²) in [5.41, 5.74) is 0.410. The Kier molecular flexibility index (Phi) is 7.32. The zero-order valence-corrected chi connectivity index (χ0v) is 18.0. The number of morpholine rings is 1. The quantitative estimate of drug-likeness (QED) is 0.648. The standard InChI is InChI=1S/C19H18Cl2N2O6S/c20-13-1-6-17(21)16(11-13)19(25)29-12-18(24)22-14-2-4-15(5-3-14)30(26,27)23-7-9-28-10-8-23/h1-6,11H,7-10,12H2,(H,22,24). The highest BCUT2D eigenvalue weighted by atomic mass is 35.5. The maximum Gasteiger partial charge on any atom is 0.340 e. The summed E-state index contributed by atoms with van der Waals surface area (Å²) < 4.78 is 36.6. The van der Waals surface area contributed by atoms with Crippen molar-refractivity contribution in [2.45, 2.75) is 4.90 Å². The Morgan fingerprint density at radius 3 is 2.40 bits per heavy atom. The molecule has 0 aromatic heterocycles. The van der Waals surface area contributed by atoms with E-state index >= 15 is 0 Å². The van der Waals surface area contributed by atoms with Gasteiger partial charge in [-0.1, -0.05) is 23.2 Å². The summed E-state index contributed by atoms with van der Waals surface area (Å²) in [5.74, 6) is -1.38. The van der Waals surface area contributed by atoms with Crippen LogP contribution in [0, 0.1) is 0 Å². The van der Waals surface area contributed by atoms with E-state index in [-0.39, 0.29) is 15.5 Å². The van der Waals surface area contributed by atoms with Gasteiger partial charge in [0.25, 0.3) is 5.91 Å². The first-order chi connectivity index (χ1) is 14.3. The normalized spacial score (nSPS) is 14.9. The van der Waals surface area contributed by atoms with Gasteiger partial charge in [0, 0.05) is 23.8 Å². The van der Waals surface area contributed by atoms with Crippen LogP contribution in [0.2, 0.25) is 10.0 Å². The Morgan fingerprint density at radius 1 is 1.07 bits per heavy atom. The van der Waals surface area contributed by atoms with Gasteiger partial charge < -0.3 is 14.8 Å². The molecule has 8 nitrogen and oxygen atoms in total. The fraction of sp³-hybridized carbons (Fsp3) is 0.263. The second-order valence-electron chi connectivity index (χ2n) is 6.29. The number of anilines is 1. The summed E-state index contributed by atoms with van der Waals surface area (Å²) in [6.07, 6.45) is 0. The number of sulfonamides is 1. The van der Waals surface area contributed by atoms with Crippen molar-refractivity contribution in [1.29, 1.82) is 0 Å². The summed E-state index contributed by atoms with van der Waals surface area (Å²) in [6, 6.07) is 10.0. The van der Waals surface area contributed by atoms with E-state index in [9.17, 15) is 18.0 Å². The van der Waals surface area contributed by atoms with Gasteiger partial charge in [0.1, 0.15) is 0 Å². The SMILES string of the molecule is O=C(COC(=O)c1cc(Cl)ccc1Cl)Nc1ccc(S(=O)(=O)N2CCOCC2)cc1. The molecule has 1 fully saturated rings. The van der Waals surface area contributed by atoms with Gasteiger partial charge in [0.2, 0.25) is 10.0 Å². The van der Waals surface area contributed by atoms with Gasteiger partial charge in [0.15, 0.2) is 6.61 Å². The summed E-state index contributed by atoms with van der Waals surface area (Å²) in [4.78, 5) is 24.2. The Labute approximate surface area is 183 Å². The lowest BCUT2D eigenvalue weighted by molar-refractivity contribution is -0.119. The molecule has 0 atom stereocenters. The topological polar surface area (TPSA) is 102 Å². The number of hydrogen-bond acceptors (Lipinski definition) is 6. The van der Waals surface area contributed by atoms with Crippen molar-refractivity contribution in [3.05, 3.63) is 58.1 Å². The number of nitrogens with zero attached hydrogens (tertiary/aromatic N) is 1. The van der Waals surface area contributed by atoms with Gasteiger partial charge >= 0.3 is 5.97 Å². The molecule has 1 saturated heterocycles. The summed E-state index contributed by atoms with van der Waals surface area (Å²) in [6.45, 7) is 0.750. The first-order valence-electron chi connectivity index (χ1n) is 8.87. The number of nitrogens with one attached hydrogen (secondary N) is 1. The predicted octanol–water partition coefficient (Wildman–Crippen LogP) is 2.81. The van der Waals surface area contributed by atoms with Crippen LogP contribution in [0.15, 0.2) is 47.4 Å². The number of amides is 1. The Hall–Kier alpha value is -2.17. The number of halogens is 2. The van der Waals surface area contributed by atoms with E-state index in [1.807, 2.05) is 0 Å². The largest absolute Gasteiger partial charge is 0.452 e. The Bertz CT molecular complexity index is 1040. The highest BCUT2D eigenvalue weighted by Crippen LogP contribution is 2.22. The monoisotopic (exact) mass is 472 g/mol. The molecule has 1 aliphatic rings. The minimum absolute atomic E-state index is 0.0506. The highest BCUT2D eigenvalue weighted by molar-refractivity contribution is 7.89. The Morgan fingerprint density at radius 2 is 1.73 bits per heavy atom. The minimum Gasteiger partial charge on any atom is -0.452 e. The number of carbonyl (C=O) groups excluding carboxylic acids is 2. The predicted molar refractivity (Wildman–Crippen MR) is 111 cm³/mol. The smallest absolute Gasteiger partial charge is 0.340 e. The molecule has 1 heterocycles. The second-order valence-corrected chi connectivity index (χ2v) is 9.07. The van der Waals surface area contributed by atoms with Crippen molar-refractivity contribution in [1.82, 2.24) is 4.31 Å². The van der Waals surface area contributed by atoms with Gasteiger partial charge in [-0.15, -0.1) is 0 Å². The van der Waals surface area contributed by atoms with E-state index in [4.69, 9.17) is 32.7 Å². The van der Waals surface area contributed by atoms with Gasteiger partial charge in [-0.05, 0) is 42.5 Å². The molecule has 0 unspecified atom stereocenters. The van der Waals surface area contributed by atoms with Gasteiger partial charge in [-0.2, -0.15) is 4.31 Å². The number of benzene rings is 2. The van der Waals surface area contributed by atoms with E-state index in [0.29, 0.717) is 37.0 Å². The number of carbonyl (C=O) groups is 2. The third kappa shape index (κ3) is 5.50. The zero-order valence-electron chi connectivity index (χ0n) is 15.6. The molecule has 3 rings (SSSR count). The van der Waals surface area contributed by atoms with Crippen molar-refractivity contribution in [2.24, 2.45) is 0 Å². The molecule has 2 aromatic carbocycles. The second kappa shape index (κ2) is 9.76. The van der Waals surface area contributed by atoms with Crippen LogP contribution in [0.1, 0.15) is 10.4 Å².